The summed E-state index contributed by atoms with van der Waals surface area (Å²) in [5.41, 5.74) is 4.32. The normalized spacial score (nSPS) is 11.4. The van der Waals surface area contributed by atoms with E-state index in [9.17, 15) is 4.79 Å². The summed E-state index contributed by atoms with van der Waals surface area (Å²) in [6.45, 7) is 3.01. The average Bonchev–Trinajstić information content (AvgIpc) is 2.86. The number of likely N-dealkylation sites (N-methyl/N-ethyl adjacent to an activating group) is 1. The molecule has 0 aliphatic heterocycles. The fourth-order valence-corrected chi connectivity index (χ4v) is 4.06. The summed E-state index contributed by atoms with van der Waals surface area (Å²) in [5, 5.41) is 4.80. The topological polar surface area (TPSA) is 48.1 Å². The number of fused-ring (bicyclic) bond motifs is 1. The van der Waals surface area contributed by atoms with Gasteiger partial charge in [0.1, 0.15) is 0 Å². The van der Waals surface area contributed by atoms with E-state index in [1.807, 2.05) is 18.2 Å². The molecule has 3 rings (SSSR count). The minimum absolute atomic E-state index is 0.209. The molecule has 27 heavy (non-hydrogen) atoms. The van der Waals surface area contributed by atoms with Crippen LogP contribution in [0.15, 0.2) is 30.3 Å². The van der Waals surface area contributed by atoms with Crippen molar-refractivity contribution >= 4 is 57.3 Å². The second kappa shape index (κ2) is 8.11. The smallest absolute Gasteiger partial charge is 0.258 e. The zero-order valence-corrected chi connectivity index (χ0v) is 17.6. The van der Waals surface area contributed by atoms with Gasteiger partial charge in [-0.15, -0.1) is 0 Å². The predicted molar refractivity (Wildman–Crippen MR) is 115 cm³/mol. The third-order valence-electron chi connectivity index (χ3n) is 4.42. The number of hydrogen-bond donors (Lipinski definition) is 2. The van der Waals surface area contributed by atoms with Gasteiger partial charge in [0.2, 0.25) is 0 Å². The SMILES string of the molecule is Cc1[nH]c2ccc(NC(=O)c3c(Cl)cc(Cl)cc3Cl)cc2c1CCN(C)C. The van der Waals surface area contributed by atoms with Gasteiger partial charge in [-0.25, -0.2) is 0 Å². The number of amides is 1. The van der Waals surface area contributed by atoms with E-state index in [0.29, 0.717) is 10.7 Å². The predicted octanol–water partition coefficient (Wildman–Crippen LogP) is 5.79. The molecule has 1 heterocycles. The molecule has 1 amide bonds. The van der Waals surface area contributed by atoms with Crippen molar-refractivity contribution in [1.29, 1.82) is 0 Å². The molecule has 0 aliphatic rings. The molecule has 4 nitrogen and oxygen atoms in total. The summed E-state index contributed by atoms with van der Waals surface area (Å²) in [5.74, 6) is -0.372. The molecule has 2 N–H and O–H groups in total. The number of carbonyl (C=O) groups excluding carboxylic acids is 1. The van der Waals surface area contributed by atoms with E-state index in [0.717, 1.165) is 29.6 Å². The number of rotatable bonds is 5. The highest BCUT2D eigenvalue weighted by atomic mass is 35.5. The van der Waals surface area contributed by atoms with Crippen LogP contribution >= 0.6 is 34.8 Å². The highest BCUT2D eigenvalue weighted by molar-refractivity contribution is 6.42. The Morgan fingerprint density at radius 2 is 1.78 bits per heavy atom. The molecule has 0 fully saturated rings. The van der Waals surface area contributed by atoms with Gasteiger partial charge in [0.15, 0.2) is 0 Å². The van der Waals surface area contributed by atoms with Crippen molar-refractivity contribution in [2.45, 2.75) is 13.3 Å². The van der Waals surface area contributed by atoms with Crippen LogP contribution in [0.25, 0.3) is 10.9 Å². The first-order valence-electron chi connectivity index (χ1n) is 8.48. The van der Waals surface area contributed by atoms with Gasteiger partial charge in [0.05, 0.1) is 15.6 Å². The second-order valence-corrected chi connectivity index (χ2v) is 7.99. The Kier molecular flexibility index (Phi) is 6.02. The molecule has 3 aromatic rings. The van der Waals surface area contributed by atoms with Gasteiger partial charge in [-0.2, -0.15) is 0 Å². The van der Waals surface area contributed by atoms with Crippen molar-refractivity contribution in [3.63, 3.8) is 0 Å². The molecule has 0 unspecified atom stereocenters. The first-order valence-corrected chi connectivity index (χ1v) is 9.61. The van der Waals surface area contributed by atoms with Crippen molar-refractivity contribution in [1.82, 2.24) is 9.88 Å². The van der Waals surface area contributed by atoms with Crippen molar-refractivity contribution < 1.29 is 4.79 Å². The number of anilines is 1. The largest absolute Gasteiger partial charge is 0.358 e. The molecule has 0 saturated carbocycles. The Morgan fingerprint density at radius 1 is 1.11 bits per heavy atom. The summed E-state index contributed by atoms with van der Waals surface area (Å²) in [4.78, 5) is 18.2. The third-order valence-corrected chi connectivity index (χ3v) is 5.23. The molecule has 2 aromatic carbocycles. The van der Waals surface area contributed by atoms with E-state index < -0.39 is 0 Å². The summed E-state index contributed by atoms with van der Waals surface area (Å²) >= 11 is 18.2. The van der Waals surface area contributed by atoms with E-state index in [2.05, 4.69) is 36.2 Å². The standard InChI is InChI=1S/C20H20Cl3N3O/c1-11-14(6-7-26(2)3)15-10-13(4-5-18(15)24-11)25-20(27)19-16(22)8-12(21)9-17(19)23/h4-5,8-10,24H,6-7H2,1-3H3,(H,25,27). The number of hydrogen-bond acceptors (Lipinski definition) is 2. The first-order chi connectivity index (χ1) is 12.8. The molecule has 0 bridgehead atoms. The van der Waals surface area contributed by atoms with Gasteiger partial charge in [-0.1, -0.05) is 34.8 Å². The Morgan fingerprint density at radius 3 is 2.41 bits per heavy atom. The van der Waals surface area contributed by atoms with E-state index in [4.69, 9.17) is 34.8 Å². The molecule has 0 atom stereocenters. The lowest BCUT2D eigenvalue weighted by Gasteiger charge is -2.11. The lowest BCUT2D eigenvalue weighted by atomic mass is 10.1. The number of nitrogens with one attached hydrogen (secondary N) is 2. The number of H-pyrrole nitrogens is 1. The molecular formula is C20H20Cl3N3O. The van der Waals surface area contributed by atoms with Crippen LogP contribution in [-0.2, 0) is 6.42 Å². The van der Waals surface area contributed by atoms with Crippen LogP contribution in [0.3, 0.4) is 0 Å². The van der Waals surface area contributed by atoms with E-state index >= 15 is 0 Å². The van der Waals surface area contributed by atoms with E-state index in [1.165, 1.54) is 17.7 Å². The van der Waals surface area contributed by atoms with Crippen molar-refractivity contribution in [2.75, 3.05) is 26.0 Å². The van der Waals surface area contributed by atoms with E-state index in [-0.39, 0.29) is 21.5 Å². The molecule has 7 heteroatoms. The maximum Gasteiger partial charge on any atom is 0.258 e. The lowest BCUT2D eigenvalue weighted by molar-refractivity contribution is 0.102. The Hall–Kier alpha value is -1.72. The first kappa shape index (κ1) is 20.0. The van der Waals surface area contributed by atoms with Gasteiger partial charge in [0, 0.05) is 33.9 Å². The van der Waals surface area contributed by atoms with Crippen molar-refractivity contribution in [3.8, 4) is 0 Å². The highest BCUT2D eigenvalue weighted by Gasteiger charge is 2.17. The number of nitrogens with zero attached hydrogens (tertiary/aromatic N) is 1. The monoisotopic (exact) mass is 423 g/mol. The van der Waals surface area contributed by atoms with Gasteiger partial charge in [0.25, 0.3) is 5.91 Å². The quantitative estimate of drug-likeness (QED) is 0.544. The van der Waals surface area contributed by atoms with Gasteiger partial charge >= 0.3 is 0 Å². The second-order valence-electron chi connectivity index (χ2n) is 6.74. The van der Waals surface area contributed by atoms with Crippen LogP contribution in [0, 0.1) is 6.92 Å². The Labute approximate surface area is 173 Å². The zero-order chi connectivity index (χ0) is 19.7. The van der Waals surface area contributed by atoms with Crippen LogP contribution in [0.2, 0.25) is 15.1 Å². The van der Waals surface area contributed by atoms with Gasteiger partial charge in [-0.3, -0.25) is 4.79 Å². The molecule has 0 radical (unpaired) electrons. The average molecular weight is 425 g/mol. The number of aromatic nitrogens is 1. The van der Waals surface area contributed by atoms with Crippen molar-refractivity contribution in [2.24, 2.45) is 0 Å². The number of aryl methyl sites for hydroxylation is 1. The Bertz CT molecular complexity index is 988. The molecule has 0 saturated heterocycles. The van der Waals surface area contributed by atoms with Crippen LogP contribution in [0.5, 0.6) is 0 Å². The minimum atomic E-state index is -0.372. The van der Waals surface area contributed by atoms with Crippen LogP contribution in [-0.4, -0.2) is 36.4 Å². The summed E-state index contributed by atoms with van der Waals surface area (Å²) in [6, 6.07) is 8.79. The molecule has 1 aromatic heterocycles. The highest BCUT2D eigenvalue weighted by Crippen LogP contribution is 2.31. The summed E-state index contributed by atoms with van der Waals surface area (Å²) < 4.78 is 0. The third kappa shape index (κ3) is 4.41. The molecule has 0 aliphatic carbocycles. The summed E-state index contributed by atoms with van der Waals surface area (Å²) in [6.07, 6.45) is 0.922. The maximum atomic E-state index is 12.7. The number of benzene rings is 2. The van der Waals surface area contributed by atoms with Crippen LogP contribution in [0.4, 0.5) is 5.69 Å². The number of aromatic amines is 1. The maximum absolute atomic E-state index is 12.7. The van der Waals surface area contributed by atoms with E-state index in [1.54, 1.807) is 0 Å². The fourth-order valence-electron chi connectivity index (χ4n) is 3.07. The Balaban J connectivity index is 1.91. The minimum Gasteiger partial charge on any atom is -0.358 e. The lowest BCUT2D eigenvalue weighted by Crippen LogP contribution is -2.15. The number of carbonyl (C=O) groups is 1. The van der Waals surface area contributed by atoms with Crippen LogP contribution < -0.4 is 5.32 Å². The van der Waals surface area contributed by atoms with Gasteiger partial charge < -0.3 is 15.2 Å². The van der Waals surface area contributed by atoms with Crippen molar-refractivity contribution in [3.05, 3.63) is 62.2 Å². The number of halogens is 3. The van der Waals surface area contributed by atoms with Crippen LogP contribution in [0.1, 0.15) is 21.6 Å². The molecule has 0 spiro atoms. The zero-order valence-electron chi connectivity index (χ0n) is 15.3. The molecular weight excluding hydrogens is 405 g/mol. The van der Waals surface area contributed by atoms with Gasteiger partial charge in [-0.05, 0) is 63.3 Å². The summed E-state index contributed by atoms with van der Waals surface area (Å²) in [7, 11) is 4.10. The molecule has 142 valence electrons. The fraction of sp³-hybridized carbons (Fsp3) is 0.250.